The van der Waals surface area contributed by atoms with E-state index in [2.05, 4.69) is 10.9 Å². The number of hydrazine groups is 1. The van der Waals surface area contributed by atoms with Gasteiger partial charge in [-0.05, 0) is 55.5 Å². The SMILES string of the molecule is CC(Oc1ccc(F)cc1)C(=O)NNC(=O)C1CCCN(C(=O)c2cccs2)C1. The van der Waals surface area contributed by atoms with E-state index in [4.69, 9.17) is 4.74 Å². The van der Waals surface area contributed by atoms with Gasteiger partial charge in [-0.15, -0.1) is 11.3 Å². The molecule has 1 aliphatic heterocycles. The van der Waals surface area contributed by atoms with Gasteiger partial charge in [0.2, 0.25) is 5.91 Å². The summed E-state index contributed by atoms with van der Waals surface area (Å²) in [5, 5.41) is 1.84. The molecule has 2 atom stereocenters. The van der Waals surface area contributed by atoms with Gasteiger partial charge in [0.25, 0.3) is 11.8 Å². The number of benzene rings is 1. The minimum atomic E-state index is -0.885. The predicted octanol–water partition coefficient (Wildman–Crippen LogP) is 2.35. The van der Waals surface area contributed by atoms with Crippen LogP contribution in [0.5, 0.6) is 5.75 Å². The van der Waals surface area contributed by atoms with Crippen LogP contribution in [0.25, 0.3) is 0 Å². The number of halogens is 1. The maximum atomic E-state index is 12.9. The lowest BCUT2D eigenvalue weighted by atomic mass is 9.97. The summed E-state index contributed by atoms with van der Waals surface area (Å²) in [6, 6.07) is 8.87. The second kappa shape index (κ2) is 9.51. The van der Waals surface area contributed by atoms with Gasteiger partial charge >= 0.3 is 0 Å². The van der Waals surface area contributed by atoms with Gasteiger partial charge in [-0.3, -0.25) is 25.2 Å². The summed E-state index contributed by atoms with van der Waals surface area (Å²) < 4.78 is 18.3. The Bertz CT molecular complexity index is 857. The Labute approximate surface area is 171 Å². The number of nitrogens with zero attached hydrogens (tertiary/aromatic N) is 1. The molecule has 3 rings (SSSR count). The van der Waals surface area contributed by atoms with Gasteiger partial charge in [0.1, 0.15) is 11.6 Å². The highest BCUT2D eigenvalue weighted by molar-refractivity contribution is 7.12. The van der Waals surface area contributed by atoms with Crippen LogP contribution in [0, 0.1) is 11.7 Å². The second-order valence-electron chi connectivity index (χ2n) is 6.76. The molecule has 2 N–H and O–H groups in total. The molecule has 0 saturated carbocycles. The molecule has 0 spiro atoms. The molecule has 1 aromatic carbocycles. The Morgan fingerprint density at radius 1 is 1.21 bits per heavy atom. The average Bonchev–Trinajstić information content (AvgIpc) is 3.27. The molecule has 0 radical (unpaired) electrons. The van der Waals surface area contributed by atoms with Gasteiger partial charge < -0.3 is 9.64 Å². The number of hydrogen-bond donors (Lipinski definition) is 2. The third-order valence-electron chi connectivity index (χ3n) is 4.62. The molecule has 1 aromatic heterocycles. The van der Waals surface area contributed by atoms with Crippen molar-refractivity contribution in [2.75, 3.05) is 13.1 Å². The number of piperidine rings is 1. The summed E-state index contributed by atoms with van der Waals surface area (Å²) in [4.78, 5) is 39.4. The molecule has 2 heterocycles. The highest BCUT2D eigenvalue weighted by atomic mass is 32.1. The Hall–Kier alpha value is -2.94. The highest BCUT2D eigenvalue weighted by Crippen LogP contribution is 2.20. The minimum Gasteiger partial charge on any atom is -0.481 e. The molecule has 0 bridgehead atoms. The van der Waals surface area contributed by atoms with E-state index in [0.717, 1.165) is 0 Å². The van der Waals surface area contributed by atoms with Crippen LogP contribution in [-0.4, -0.2) is 41.8 Å². The van der Waals surface area contributed by atoms with Gasteiger partial charge in [-0.1, -0.05) is 6.07 Å². The molecule has 1 saturated heterocycles. The Kier molecular flexibility index (Phi) is 6.82. The summed E-state index contributed by atoms with van der Waals surface area (Å²) in [6.45, 7) is 2.43. The zero-order valence-corrected chi connectivity index (χ0v) is 16.7. The first-order chi connectivity index (χ1) is 13.9. The van der Waals surface area contributed by atoms with Crippen molar-refractivity contribution in [3.8, 4) is 5.75 Å². The number of amides is 3. The Balaban J connectivity index is 1.47. The molecule has 1 fully saturated rings. The van der Waals surface area contributed by atoms with E-state index in [1.165, 1.54) is 42.5 Å². The van der Waals surface area contributed by atoms with Crippen LogP contribution in [0.4, 0.5) is 4.39 Å². The smallest absolute Gasteiger partial charge is 0.279 e. The summed E-state index contributed by atoms with van der Waals surface area (Å²) in [5.74, 6) is -1.43. The van der Waals surface area contributed by atoms with E-state index in [0.29, 0.717) is 36.6 Å². The fraction of sp³-hybridized carbons (Fsp3) is 0.350. The normalized spacial score (nSPS) is 17.3. The van der Waals surface area contributed by atoms with Crippen LogP contribution in [-0.2, 0) is 9.59 Å². The van der Waals surface area contributed by atoms with Crippen molar-refractivity contribution in [2.24, 2.45) is 5.92 Å². The quantitative estimate of drug-likeness (QED) is 0.729. The van der Waals surface area contributed by atoms with E-state index < -0.39 is 23.7 Å². The third-order valence-corrected chi connectivity index (χ3v) is 5.47. The molecule has 0 aliphatic carbocycles. The zero-order valence-electron chi connectivity index (χ0n) is 15.9. The summed E-state index contributed by atoms with van der Waals surface area (Å²) in [6.07, 6.45) is 0.467. The van der Waals surface area contributed by atoms with Gasteiger partial charge in [-0.25, -0.2) is 4.39 Å². The minimum absolute atomic E-state index is 0.0807. The van der Waals surface area contributed by atoms with Gasteiger partial charge in [0.05, 0.1) is 10.8 Å². The van der Waals surface area contributed by atoms with Gasteiger partial charge in [0, 0.05) is 13.1 Å². The Morgan fingerprint density at radius 3 is 2.66 bits per heavy atom. The largest absolute Gasteiger partial charge is 0.481 e. The van der Waals surface area contributed by atoms with Crippen LogP contribution in [0.2, 0.25) is 0 Å². The first-order valence-electron chi connectivity index (χ1n) is 9.28. The van der Waals surface area contributed by atoms with Crippen molar-refractivity contribution in [3.05, 3.63) is 52.5 Å². The molecule has 7 nitrogen and oxygen atoms in total. The van der Waals surface area contributed by atoms with Crippen molar-refractivity contribution >= 4 is 29.1 Å². The van der Waals surface area contributed by atoms with Crippen molar-refractivity contribution in [1.82, 2.24) is 15.8 Å². The second-order valence-corrected chi connectivity index (χ2v) is 7.71. The van der Waals surface area contributed by atoms with E-state index in [1.807, 2.05) is 11.4 Å². The monoisotopic (exact) mass is 419 g/mol. The standard InChI is InChI=1S/C20H22FN3O4S/c1-13(28-16-8-6-15(21)7-9-16)18(25)22-23-19(26)14-4-2-10-24(12-14)20(27)17-5-3-11-29-17/h3,5-9,11,13-14H,2,4,10,12H2,1H3,(H,22,25)(H,23,26). The maximum Gasteiger partial charge on any atom is 0.279 e. The Morgan fingerprint density at radius 2 is 1.97 bits per heavy atom. The van der Waals surface area contributed by atoms with E-state index in [1.54, 1.807) is 11.0 Å². The number of likely N-dealkylation sites (tertiary alicyclic amines) is 1. The van der Waals surface area contributed by atoms with Crippen LogP contribution in [0.3, 0.4) is 0 Å². The zero-order chi connectivity index (χ0) is 20.8. The highest BCUT2D eigenvalue weighted by Gasteiger charge is 2.29. The number of rotatable bonds is 5. The number of nitrogens with one attached hydrogen (secondary N) is 2. The van der Waals surface area contributed by atoms with Gasteiger partial charge in [0.15, 0.2) is 6.10 Å². The molecular weight excluding hydrogens is 397 g/mol. The lowest BCUT2D eigenvalue weighted by molar-refractivity contribution is -0.135. The van der Waals surface area contributed by atoms with E-state index in [-0.39, 0.29) is 11.8 Å². The van der Waals surface area contributed by atoms with Crippen molar-refractivity contribution in [3.63, 3.8) is 0 Å². The maximum absolute atomic E-state index is 12.9. The molecule has 9 heteroatoms. The van der Waals surface area contributed by atoms with Crippen LogP contribution >= 0.6 is 11.3 Å². The number of hydrogen-bond acceptors (Lipinski definition) is 5. The first kappa shape index (κ1) is 20.8. The summed E-state index contributed by atoms with van der Waals surface area (Å²) in [7, 11) is 0. The molecule has 3 amide bonds. The van der Waals surface area contributed by atoms with Crippen LogP contribution in [0.15, 0.2) is 41.8 Å². The van der Waals surface area contributed by atoms with Crippen LogP contribution < -0.4 is 15.6 Å². The fourth-order valence-corrected chi connectivity index (χ4v) is 3.72. The first-order valence-corrected chi connectivity index (χ1v) is 10.2. The van der Waals surface area contributed by atoms with Crippen LogP contribution in [0.1, 0.15) is 29.4 Å². The predicted molar refractivity (Wildman–Crippen MR) is 106 cm³/mol. The topological polar surface area (TPSA) is 87.7 Å². The molecule has 2 unspecified atom stereocenters. The molecular formula is C20H22FN3O4S. The van der Waals surface area contributed by atoms with E-state index in [9.17, 15) is 18.8 Å². The van der Waals surface area contributed by atoms with Crippen molar-refractivity contribution < 1.29 is 23.5 Å². The number of carbonyl (C=O) groups is 3. The molecule has 29 heavy (non-hydrogen) atoms. The van der Waals surface area contributed by atoms with Crippen molar-refractivity contribution in [1.29, 1.82) is 0 Å². The lowest BCUT2D eigenvalue weighted by Gasteiger charge is -2.31. The average molecular weight is 419 g/mol. The molecule has 2 aromatic rings. The van der Waals surface area contributed by atoms with Gasteiger partial charge in [-0.2, -0.15) is 0 Å². The number of carbonyl (C=O) groups excluding carboxylic acids is 3. The van der Waals surface area contributed by atoms with E-state index >= 15 is 0 Å². The summed E-state index contributed by atoms with van der Waals surface area (Å²) >= 11 is 1.37. The number of ether oxygens (including phenoxy) is 1. The number of thiophene rings is 1. The summed E-state index contributed by atoms with van der Waals surface area (Å²) in [5.41, 5.74) is 4.75. The van der Waals surface area contributed by atoms with Crippen molar-refractivity contribution in [2.45, 2.75) is 25.9 Å². The molecule has 154 valence electrons. The fourth-order valence-electron chi connectivity index (χ4n) is 3.03. The third kappa shape index (κ3) is 5.54. The molecule has 1 aliphatic rings. The lowest BCUT2D eigenvalue weighted by Crippen LogP contribution is -2.52.